The normalized spacial score (nSPS) is 28.6. The molecule has 2 unspecified atom stereocenters. The fourth-order valence-corrected chi connectivity index (χ4v) is 3.19. The minimum absolute atomic E-state index is 0.365. The first-order valence-electron chi connectivity index (χ1n) is 8.92. The van der Waals surface area contributed by atoms with Crippen LogP contribution >= 0.6 is 0 Å². The van der Waals surface area contributed by atoms with Crippen LogP contribution in [0.2, 0.25) is 0 Å². The van der Waals surface area contributed by atoms with E-state index in [-0.39, 0.29) is 0 Å². The molecule has 2 aromatic carbocycles. The summed E-state index contributed by atoms with van der Waals surface area (Å²) in [5.41, 5.74) is 0.795. The van der Waals surface area contributed by atoms with E-state index in [1.54, 1.807) is 0 Å². The van der Waals surface area contributed by atoms with Gasteiger partial charge in [0.1, 0.15) is 17.8 Å². The molecule has 0 saturated carbocycles. The molecule has 1 N–H and O–H groups in total. The first-order chi connectivity index (χ1) is 12.6. The van der Waals surface area contributed by atoms with Crippen molar-refractivity contribution < 1.29 is 19.3 Å². The zero-order valence-corrected chi connectivity index (χ0v) is 15.1. The smallest absolute Gasteiger partial charge is 0.137 e. The summed E-state index contributed by atoms with van der Waals surface area (Å²) >= 11 is 0. The van der Waals surface area contributed by atoms with Crippen LogP contribution in [0.4, 0.5) is 0 Å². The number of hydrogen-bond donors (Lipinski definition) is 1. The summed E-state index contributed by atoms with van der Waals surface area (Å²) in [5.74, 6) is 0. The van der Waals surface area contributed by atoms with Gasteiger partial charge in [-0.25, -0.2) is 0 Å². The lowest BCUT2D eigenvalue weighted by Gasteiger charge is -2.46. The molecule has 3 rings (SSSR count). The Hall–Kier alpha value is -1.98. The van der Waals surface area contributed by atoms with E-state index in [2.05, 4.69) is 6.58 Å². The molecule has 1 heterocycles. The van der Waals surface area contributed by atoms with Crippen LogP contribution < -0.4 is 0 Å². The Balaban J connectivity index is 1.73. The van der Waals surface area contributed by atoms with E-state index in [1.165, 1.54) is 6.08 Å². The Morgan fingerprint density at radius 3 is 2.12 bits per heavy atom. The molecular formula is C22H26O4. The van der Waals surface area contributed by atoms with Crippen LogP contribution in [-0.4, -0.2) is 35.6 Å². The van der Waals surface area contributed by atoms with Crippen molar-refractivity contribution in [3.8, 4) is 0 Å². The van der Waals surface area contributed by atoms with Crippen LogP contribution in [0.15, 0.2) is 73.3 Å². The number of benzene rings is 2. The second-order valence-corrected chi connectivity index (χ2v) is 6.62. The van der Waals surface area contributed by atoms with Crippen LogP contribution in [0.25, 0.3) is 0 Å². The predicted octanol–water partition coefficient (Wildman–Crippen LogP) is 3.49. The van der Waals surface area contributed by atoms with Crippen molar-refractivity contribution in [3.05, 3.63) is 84.4 Å². The molecule has 0 bridgehead atoms. The van der Waals surface area contributed by atoms with Gasteiger partial charge >= 0.3 is 0 Å². The van der Waals surface area contributed by atoms with Crippen LogP contribution in [0.5, 0.6) is 0 Å². The lowest BCUT2D eigenvalue weighted by atomic mass is 9.85. The zero-order valence-electron chi connectivity index (χ0n) is 15.1. The molecular weight excluding hydrogens is 328 g/mol. The molecule has 26 heavy (non-hydrogen) atoms. The van der Waals surface area contributed by atoms with Gasteiger partial charge in [0.25, 0.3) is 0 Å². The molecule has 0 radical (unpaired) electrons. The maximum atomic E-state index is 11.1. The largest absolute Gasteiger partial charge is 0.380 e. The molecule has 4 atom stereocenters. The monoisotopic (exact) mass is 354 g/mol. The van der Waals surface area contributed by atoms with Crippen molar-refractivity contribution in [2.24, 2.45) is 0 Å². The van der Waals surface area contributed by atoms with Gasteiger partial charge in [0.2, 0.25) is 0 Å². The molecule has 4 heteroatoms. The highest BCUT2D eigenvalue weighted by molar-refractivity contribution is 5.16. The van der Waals surface area contributed by atoms with Gasteiger partial charge in [-0.15, -0.1) is 6.58 Å². The third kappa shape index (κ3) is 4.22. The maximum Gasteiger partial charge on any atom is 0.137 e. The van der Waals surface area contributed by atoms with E-state index in [0.717, 1.165) is 11.1 Å². The van der Waals surface area contributed by atoms with Gasteiger partial charge in [-0.3, -0.25) is 0 Å². The molecule has 0 amide bonds. The van der Waals surface area contributed by atoms with E-state index in [9.17, 15) is 5.11 Å². The second-order valence-electron chi connectivity index (χ2n) is 6.62. The van der Waals surface area contributed by atoms with Gasteiger partial charge < -0.3 is 19.3 Å². The van der Waals surface area contributed by atoms with Crippen molar-refractivity contribution >= 4 is 0 Å². The molecule has 1 aliphatic heterocycles. The summed E-state index contributed by atoms with van der Waals surface area (Å²) in [5, 5.41) is 11.1. The number of ether oxygens (including phenoxy) is 3. The average Bonchev–Trinajstić information content (AvgIpc) is 2.69. The standard InChI is InChI=1S/C22H26O4/c1-3-22(23)17(2)24-16-20(25-14-18-10-6-4-7-11-18)21(22)26-15-19-12-8-5-9-13-19/h3-13,17,20-21,23H,1,14-16H2,2H3/t17?,20-,21?,22+/m0/s1. The number of aliphatic hydroxyl groups is 1. The van der Waals surface area contributed by atoms with Crippen LogP contribution in [-0.2, 0) is 27.4 Å². The predicted molar refractivity (Wildman–Crippen MR) is 101 cm³/mol. The summed E-state index contributed by atoms with van der Waals surface area (Å²) in [6, 6.07) is 19.8. The van der Waals surface area contributed by atoms with E-state index in [4.69, 9.17) is 14.2 Å². The van der Waals surface area contributed by atoms with Crippen molar-refractivity contribution in [2.45, 2.75) is 44.1 Å². The molecule has 138 valence electrons. The first kappa shape index (κ1) is 18.8. The molecule has 2 aromatic rings. The van der Waals surface area contributed by atoms with E-state index < -0.39 is 23.9 Å². The zero-order chi connectivity index (χ0) is 18.4. The SMILES string of the molecule is C=C[C@@]1(O)C(C)OC[C@H](OCc2ccccc2)C1OCc1ccccc1. The number of rotatable bonds is 7. The number of hydrogen-bond acceptors (Lipinski definition) is 4. The van der Waals surface area contributed by atoms with Gasteiger partial charge in [-0.1, -0.05) is 66.7 Å². The summed E-state index contributed by atoms with van der Waals surface area (Å²) in [6.45, 7) is 6.81. The topological polar surface area (TPSA) is 47.9 Å². The minimum Gasteiger partial charge on any atom is -0.380 e. The molecule has 1 aliphatic rings. The Morgan fingerprint density at radius 1 is 1.04 bits per heavy atom. The maximum absolute atomic E-state index is 11.1. The van der Waals surface area contributed by atoms with Gasteiger partial charge in [-0.05, 0) is 18.1 Å². The fraction of sp³-hybridized carbons (Fsp3) is 0.364. The van der Waals surface area contributed by atoms with Crippen LogP contribution in [0, 0.1) is 0 Å². The Kier molecular flexibility index (Phi) is 6.22. The van der Waals surface area contributed by atoms with E-state index >= 15 is 0 Å². The third-order valence-corrected chi connectivity index (χ3v) is 4.86. The van der Waals surface area contributed by atoms with E-state index in [1.807, 2.05) is 67.6 Å². The van der Waals surface area contributed by atoms with Gasteiger partial charge in [-0.2, -0.15) is 0 Å². The summed E-state index contributed by atoms with van der Waals surface area (Å²) in [4.78, 5) is 0. The Labute approximate surface area is 155 Å². The third-order valence-electron chi connectivity index (χ3n) is 4.86. The van der Waals surface area contributed by atoms with Crippen molar-refractivity contribution in [1.29, 1.82) is 0 Å². The highest BCUT2D eigenvalue weighted by Crippen LogP contribution is 2.32. The highest BCUT2D eigenvalue weighted by atomic mass is 16.6. The van der Waals surface area contributed by atoms with Gasteiger partial charge in [0, 0.05) is 0 Å². The Bertz CT molecular complexity index is 688. The molecule has 1 fully saturated rings. The molecule has 0 aromatic heterocycles. The minimum atomic E-state index is -1.31. The van der Waals surface area contributed by atoms with Crippen LogP contribution in [0.3, 0.4) is 0 Å². The molecule has 4 nitrogen and oxygen atoms in total. The Morgan fingerprint density at radius 2 is 1.58 bits per heavy atom. The second kappa shape index (κ2) is 8.60. The average molecular weight is 354 g/mol. The van der Waals surface area contributed by atoms with Crippen LogP contribution in [0.1, 0.15) is 18.1 Å². The molecule has 0 spiro atoms. The summed E-state index contributed by atoms with van der Waals surface area (Å²) in [7, 11) is 0. The summed E-state index contributed by atoms with van der Waals surface area (Å²) < 4.78 is 17.9. The fourth-order valence-electron chi connectivity index (χ4n) is 3.19. The molecule has 0 aliphatic carbocycles. The lowest BCUT2D eigenvalue weighted by Crippen LogP contribution is -2.62. The summed E-state index contributed by atoms with van der Waals surface area (Å²) in [6.07, 6.45) is 0.133. The lowest BCUT2D eigenvalue weighted by molar-refractivity contribution is -0.248. The quantitative estimate of drug-likeness (QED) is 0.773. The van der Waals surface area contributed by atoms with Crippen molar-refractivity contribution in [1.82, 2.24) is 0 Å². The van der Waals surface area contributed by atoms with Crippen molar-refractivity contribution in [2.75, 3.05) is 6.61 Å². The van der Waals surface area contributed by atoms with Gasteiger partial charge in [0.05, 0.1) is 25.9 Å². The first-order valence-corrected chi connectivity index (χ1v) is 8.92. The molecule has 1 saturated heterocycles. The van der Waals surface area contributed by atoms with Gasteiger partial charge in [0.15, 0.2) is 0 Å². The highest BCUT2D eigenvalue weighted by Gasteiger charge is 2.49. The van der Waals surface area contributed by atoms with E-state index in [0.29, 0.717) is 19.8 Å². The van der Waals surface area contributed by atoms with Crippen molar-refractivity contribution in [3.63, 3.8) is 0 Å².